The number of aryl methyl sites for hydroxylation is 1. The number of amides is 1. The van der Waals surface area contributed by atoms with Gasteiger partial charge in [0.2, 0.25) is 0 Å². The first-order valence-corrected chi connectivity index (χ1v) is 9.27. The maximum absolute atomic E-state index is 13.0. The summed E-state index contributed by atoms with van der Waals surface area (Å²) < 4.78 is 20.0. The lowest BCUT2D eigenvalue weighted by Crippen LogP contribution is -2.30. The van der Waals surface area contributed by atoms with Gasteiger partial charge in [-0.2, -0.15) is 0 Å². The zero-order valence-corrected chi connectivity index (χ0v) is 16.5. The molecule has 0 aliphatic heterocycles. The molecule has 1 amide bonds. The standard InChI is InChI=1S/C21H21FN4O4/c1-13(15-3-5-16(6-4-15)21(28)29)23-20(27)19-14(2)24-25-26(19)11-12-30-18-9-7-17(22)8-10-18/h3-10,13H,11-12H2,1-2H3,(H,23,27)(H,28,29)/t13-/m0/s1. The topological polar surface area (TPSA) is 106 Å². The third-order valence-electron chi connectivity index (χ3n) is 4.51. The predicted octanol–water partition coefficient (Wildman–Crippen LogP) is 2.99. The Labute approximate surface area is 172 Å². The summed E-state index contributed by atoms with van der Waals surface area (Å²) in [4.78, 5) is 23.8. The molecule has 1 heterocycles. The molecule has 0 aliphatic rings. The molecule has 0 saturated heterocycles. The molecule has 2 N–H and O–H groups in total. The molecular formula is C21H21FN4O4. The Bertz CT molecular complexity index is 1030. The molecule has 156 valence electrons. The van der Waals surface area contributed by atoms with Crippen LogP contribution in [-0.4, -0.2) is 38.6 Å². The molecule has 0 aliphatic carbocycles. The molecule has 0 spiro atoms. The molecule has 0 fully saturated rings. The second-order valence-electron chi connectivity index (χ2n) is 6.67. The summed E-state index contributed by atoms with van der Waals surface area (Å²) in [5, 5.41) is 19.8. The summed E-state index contributed by atoms with van der Waals surface area (Å²) in [6, 6.07) is 11.6. The zero-order chi connectivity index (χ0) is 21.7. The van der Waals surface area contributed by atoms with Gasteiger partial charge in [-0.1, -0.05) is 17.3 Å². The molecule has 0 saturated carbocycles. The quantitative estimate of drug-likeness (QED) is 0.589. The van der Waals surface area contributed by atoms with Crippen molar-refractivity contribution in [1.82, 2.24) is 20.3 Å². The highest BCUT2D eigenvalue weighted by atomic mass is 19.1. The Morgan fingerprint density at radius 1 is 1.17 bits per heavy atom. The predicted molar refractivity (Wildman–Crippen MR) is 106 cm³/mol. The van der Waals surface area contributed by atoms with Crippen LogP contribution in [0.2, 0.25) is 0 Å². The number of nitrogens with one attached hydrogen (secondary N) is 1. The monoisotopic (exact) mass is 412 g/mol. The number of benzene rings is 2. The maximum atomic E-state index is 13.0. The van der Waals surface area contributed by atoms with Gasteiger partial charge < -0.3 is 15.2 Å². The number of carboxylic acids is 1. The fraction of sp³-hybridized carbons (Fsp3) is 0.238. The summed E-state index contributed by atoms with van der Waals surface area (Å²) in [7, 11) is 0. The Morgan fingerprint density at radius 2 is 1.83 bits per heavy atom. The first-order chi connectivity index (χ1) is 14.3. The summed E-state index contributed by atoms with van der Waals surface area (Å²) in [6.45, 7) is 3.99. The van der Waals surface area contributed by atoms with E-state index in [1.54, 1.807) is 26.0 Å². The zero-order valence-electron chi connectivity index (χ0n) is 16.5. The Balaban J connectivity index is 1.63. The number of ether oxygens (including phenoxy) is 1. The van der Waals surface area contributed by atoms with Crippen LogP contribution in [0.5, 0.6) is 5.75 Å². The van der Waals surface area contributed by atoms with Crippen molar-refractivity contribution in [2.75, 3.05) is 6.61 Å². The molecule has 0 unspecified atom stereocenters. The smallest absolute Gasteiger partial charge is 0.335 e. The van der Waals surface area contributed by atoms with Gasteiger partial charge in [-0.25, -0.2) is 13.9 Å². The van der Waals surface area contributed by atoms with E-state index >= 15 is 0 Å². The molecule has 3 aromatic rings. The summed E-state index contributed by atoms with van der Waals surface area (Å²) in [5.41, 5.74) is 1.73. The van der Waals surface area contributed by atoms with Crippen LogP contribution in [0, 0.1) is 12.7 Å². The van der Waals surface area contributed by atoms with Gasteiger partial charge in [0.15, 0.2) is 0 Å². The van der Waals surface area contributed by atoms with E-state index in [1.807, 2.05) is 0 Å². The van der Waals surface area contributed by atoms with Crippen LogP contribution < -0.4 is 10.1 Å². The molecule has 2 aromatic carbocycles. The normalized spacial score (nSPS) is 11.7. The average molecular weight is 412 g/mol. The van der Waals surface area contributed by atoms with Crippen LogP contribution in [0.4, 0.5) is 4.39 Å². The third-order valence-corrected chi connectivity index (χ3v) is 4.51. The van der Waals surface area contributed by atoms with E-state index in [1.165, 1.54) is 41.1 Å². The number of aromatic carboxylic acids is 1. The highest BCUT2D eigenvalue weighted by molar-refractivity contribution is 5.93. The number of carbonyl (C=O) groups excluding carboxylic acids is 1. The maximum Gasteiger partial charge on any atom is 0.335 e. The van der Waals surface area contributed by atoms with E-state index in [-0.39, 0.29) is 36.5 Å². The molecular weight excluding hydrogens is 391 g/mol. The molecule has 0 bridgehead atoms. The Morgan fingerprint density at radius 3 is 2.47 bits per heavy atom. The number of halogens is 1. The largest absolute Gasteiger partial charge is 0.492 e. The van der Waals surface area contributed by atoms with Crippen molar-refractivity contribution in [2.24, 2.45) is 0 Å². The van der Waals surface area contributed by atoms with Gasteiger partial charge in [-0.15, -0.1) is 5.10 Å². The SMILES string of the molecule is Cc1nnn(CCOc2ccc(F)cc2)c1C(=O)N[C@@H](C)c1ccc(C(=O)O)cc1. The fourth-order valence-electron chi connectivity index (χ4n) is 2.88. The minimum Gasteiger partial charge on any atom is -0.492 e. The van der Waals surface area contributed by atoms with Gasteiger partial charge in [-0.05, 0) is 55.8 Å². The van der Waals surface area contributed by atoms with Gasteiger partial charge in [-0.3, -0.25) is 4.79 Å². The van der Waals surface area contributed by atoms with Crippen LogP contribution in [0.15, 0.2) is 48.5 Å². The van der Waals surface area contributed by atoms with Crippen molar-refractivity contribution < 1.29 is 23.8 Å². The van der Waals surface area contributed by atoms with Crippen molar-refractivity contribution in [1.29, 1.82) is 0 Å². The van der Waals surface area contributed by atoms with Crippen LogP contribution in [0.25, 0.3) is 0 Å². The van der Waals surface area contributed by atoms with Gasteiger partial charge in [0.1, 0.15) is 23.9 Å². The highest BCUT2D eigenvalue weighted by Crippen LogP contribution is 2.16. The number of hydrogen-bond donors (Lipinski definition) is 2. The van der Waals surface area contributed by atoms with Crippen molar-refractivity contribution in [3.05, 3.63) is 76.9 Å². The number of carboxylic acid groups (broad SMARTS) is 1. The second-order valence-corrected chi connectivity index (χ2v) is 6.67. The number of hydrogen-bond acceptors (Lipinski definition) is 5. The van der Waals surface area contributed by atoms with Crippen LogP contribution in [-0.2, 0) is 6.54 Å². The van der Waals surface area contributed by atoms with Crippen molar-refractivity contribution >= 4 is 11.9 Å². The summed E-state index contributed by atoms with van der Waals surface area (Å²) in [6.07, 6.45) is 0. The highest BCUT2D eigenvalue weighted by Gasteiger charge is 2.20. The summed E-state index contributed by atoms with van der Waals surface area (Å²) in [5.74, 6) is -1.20. The number of rotatable bonds is 8. The molecule has 1 atom stereocenters. The first-order valence-electron chi connectivity index (χ1n) is 9.27. The van der Waals surface area contributed by atoms with Crippen molar-refractivity contribution in [3.63, 3.8) is 0 Å². The minimum absolute atomic E-state index is 0.177. The molecule has 8 nitrogen and oxygen atoms in total. The minimum atomic E-state index is -1.01. The second kappa shape index (κ2) is 9.17. The van der Waals surface area contributed by atoms with Gasteiger partial charge in [0, 0.05) is 0 Å². The molecule has 9 heteroatoms. The van der Waals surface area contributed by atoms with E-state index < -0.39 is 5.97 Å². The molecule has 0 radical (unpaired) electrons. The lowest BCUT2D eigenvalue weighted by Gasteiger charge is -2.15. The van der Waals surface area contributed by atoms with Gasteiger partial charge in [0.05, 0.1) is 23.8 Å². The van der Waals surface area contributed by atoms with Crippen molar-refractivity contribution in [3.8, 4) is 5.75 Å². The van der Waals surface area contributed by atoms with Gasteiger partial charge >= 0.3 is 5.97 Å². The number of nitrogens with zero attached hydrogens (tertiary/aromatic N) is 3. The molecule has 30 heavy (non-hydrogen) atoms. The van der Waals surface area contributed by atoms with E-state index in [4.69, 9.17) is 9.84 Å². The van der Waals surface area contributed by atoms with Crippen molar-refractivity contribution in [2.45, 2.75) is 26.4 Å². The van der Waals surface area contributed by atoms with Crippen LogP contribution in [0.1, 0.15) is 45.1 Å². The summed E-state index contributed by atoms with van der Waals surface area (Å²) >= 11 is 0. The first kappa shape index (κ1) is 21.0. The third kappa shape index (κ3) is 4.99. The lowest BCUT2D eigenvalue weighted by atomic mass is 10.1. The average Bonchev–Trinajstić information content (AvgIpc) is 3.10. The number of carbonyl (C=O) groups is 2. The Hall–Kier alpha value is -3.75. The van der Waals surface area contributed by atoms with E-state index in [0.29, 0.717) is 17.1 Å². The van der Waals surface area contributed by atoms with Gasteiger partial charge in [0.25, 0.3) is 5.91 Å². The molecule has 1 aromatic heterocycles. The van der Waals surface area contributed by atoms with E-state index in [9.17, 15) is 14.0 Å². The number of aromatic nitrogens is 3. The Kier molecular flexibility index (Phi) is 6.41. The van der Waals surface area contributed by atoms with Crippen LogP contribution >= 0.6 is 0 Å². The van der Waals surface area contributed by atoms with E-state index in [2.05, 4.69) is 15.6 Å². The van der Waals surface area contributed by atoms with E-state index in [0.717, 1.165) is 5.56 Å². The molecule has 3 rings (SSSR count). The fourth-order valence-corrected chi connectivity index (χ4v) is 2.88. The van der Waals surface area contributed by atoms with Crippen LogP contribution in [0.3, 0.4) is 0 Å². The lowest BCUT2D eigenvalue weighted by molar-refractivity contribution is 0.0696.